The van der Waals surface area contributed by atoms with Gasteiger partial charge < -0.3 is 20.6 Å². The Balaban J connectivity index is 1.62. The first-order valence-electron chi connectivity index (χ1n) is 11.1. The molecule has 3 N–H and O–H groups in total. The molecule has 0 radical (unpaired) electrons. The van der Waals surface area contributed by atoms with Gasteiger partial charge in [0.15, 0.2) is 9.84 Å². The van der Waals surface area contributed by atoms with Crippen molar-refractivity contribution >= 4 is 27.5 Å². The van der Waals surface area contributed by atoms with E-state index in [-0.39, 0.29) is 17.1 Å². The summed E-state index contributed by atoms with van der Waals surface area (Å²) < 4.78 is 104. The number of carbonyl (C=O) groups is 2. The molecule has 0 bridgehead atoms. The molecule has 1 atom stereocenters. The van der Waals surface area contributed by atoms with Gasteiger partial charge in [0.2, 0.25) is 0 Å². The van der Waals surface area contributed by atoms with Gasteiger partial charge >= 0.3 is 18.4 Å². The van der Waals surface area contributed by atoms with E-state index in [9.17, 15) is 49.5 Å². The second-order valence-electron chi connectivity index (χ2n) is 8.96. The third-order valence-electron chi connectivity index (χ3n) is 6.47. The van der Waals surface area contributed by atoms with Crippen molar-refractivity contribution in [1.29, 1.82) is 0 Å². The molecule has 3 amide bonds. The zero-order valence-corrected chi connectivity index (χ0v) is 20.3. The van der Waals surface area contributed by atoms with Crippen molar-refractivity contribution in [2.75, 3.05) is 12.4 Å². The molecule has 2 aromatic carbocycles. The van der Waals surface area contributed by atoms with Crippen LogP contribution in [-0.2, 0) is 26.8 Å². The molecule has 2 aliphatic rings. The largest absolute Gasteiger partial charge is 0.430 e. The van der Waals surface area contributed by atoms with Crippen LogP contribution < -0.4 is 10.6 Å². The number of carbonyl (C=O) groups excluding carboxylic acids is 2. The van der Waals surface area contributed by atoms with Crippen LogP contribution in [0.25, 0.3) is 0 Å². The zero-order valence-electron chi connectivity index (χ0n) is 19.5. The van der Waals surface area contributed by atoms with E-state index in [0.29, 0.717) is 36.1 Å². The Morgan fingerprint density at radius 2 is 1.55 bits per heavy atom. The minimum atomic E-state index is -6.07. The predicted octanol–water partition coefficient (Wildman–Crippen LogP) is 3.77. The molecule has 0 aromatic heterocycles. The molecule has 4 rings (SSSR count). The second kappa shape index (κ2) is 9.15. The Bertz CT molecular complexity index is 1360. The molecule has 38 heavy (non-hydrogen) atoms. The highest BCUT2D eigenvalue weighted by Crippen LogP contribution is 2.50. The lowest BCUT2D eigenvalue weighted by molar-refractivity contribution is -0.376. The molecule has 1 heterocycles. The lowest BCUT2D eigenvalue weighted by atomic mass is 9.92. The number of hydrogen-bond donors (Lipinski definition) is 3. The van der Waals surface area contributed by atoms with Gasteiger partial charge in [0, 0.05) is 24.8 Å². The summed E-state index contributed by atoms with van der Waals surface area (Å²) in [7, 11) is -2.24. The molecule has 0 spiro atoms. The van der Waals surface area contributed by atoms with Crippen molar-refractivity contribution in [3.63, 3.8) is 0 Å². The maximum atomic E-state index is 13.1. The molecular formula is C23H21F6N3O5S. The number of sulfone groups is 1. The average Bonchev–Trinajstić information content (AvgIpc) is 3.62. The lowest BCUT2D eigenvalue weighted by Gasteiger charge is -2.32. The van der Waals surface area contributed by atoms with Crippen LogP contribution in [0.1, 0.15) is 35.6 Å². The number of alkyl halides is 6. The molecule has 1 aliphatic heterocycles. The standard InChI is InChI=1S/C23H21F6N3O5S/c1-30-20(34)32-11-12-10-16(38(36,37)15-6-7-15)8-9-17(12)18(32)19(33)31-14-4-2-13(3-5-14)21(35,22(24,25)26)23(27,28)29/h2-5,8-10,15,18,35H,6-7,11H2,1H3,(H,30,34)(H,31,33). The number of benzene rings is 2. The Labute approximate surface area is 212 Å². The second-order valence-corrected chi connectivity index (χ2v) is 11.2. The molecule has 8 nitrogen and oxygen atoms in total. The number of fused-ring (bicyclic) bond motifs is 1. The number of rotatable bonds is 5. The first kappa shape index (κ1) is 27.7. The number of anilines is 1. The Morgan fingerprint density at radius 1 is 0.974 bits per heavy atom. The minimum absolute atomic E-state index is 0.0501. The fourth-order valence-corrected chi connectivity index (χ4v) is 5.99. The van der Waals surface area contributed by atoms with Gasteiger partial charge in [0.25, 0.3) is 11.5 Å². The minimum Gasteiger partial charge on any atom is -0.369 e. The van der Waals surface area contributed by atoms with Crippen LogP contribution in [0.5, 0.6) is 0 Å². The van der Waals surface area contributed by atoms with Crippen LogP contribution in [-0.4, -0.2) is 55.0 Å². The third-order valence-corrected chi connectivity index (χ3v) is 8.73. The van der Waals surface area contributed by atoms with Crippen molar-refractivity contribution < 1.29 is 49.5 Å². The summed E-state index contributed by atoms with van der Waals surface area (Å²) in [5.41, 5.74) is -6.13. The summed E-state index contributed by atoms with van der Waals surface area (Å²) in [5.74, 6) is -0.847. The molecule has 15 heteroatoms. The fraction of sp³-hybridized carbons (Fsp3) is 0.391. The van der Waals surface area contributed by atoms with E-state index < -0.39 is 56.6 Å². The molecule has 1 saturated carbocycles. The van der Waals surface area contributed by atoms with E-state index in [2.05, 4.69) is 10.6 Å². The first-order valence-corrected chi connectivity index (χ1v) is 12.7. The summed E-state index contributed by atoms with van der Waals surface area (Å²) in [6.07, 6.45) is -11.1. The van der Waals surface area contributed by atoms with Crippen LogP contribution in [0.15, 0.2) is 47.4 Å². The monoisotopic (exact) mass is 565 g/mol. The van der Waals surface area contributed by atoms with Crippen molar-refractivity contribution in [3.8, 4) is 0 Å². The van der Waals surface area contributed by atoms with E-state index in [4.69, 9.17) is 0 Å². The topological polar surface area (TPSA) is 116 Å². The smallest absolute Gasteiger partial charge is 0.369 e. The number of nitrogens with zero attached hydrogens (tertiary/aromatic N) is 1. The van der Waals surface area contributed by atoms with Crippen LogP contribution in [0.2, 0.25) is 0 Å². The summed E-state index contributed by atoms with van der Waals surface area (Å²) >= 11 is 0. The van der Waals surface area contributed by atoms with Crippen LogP contribution >= 0.6 is 0 Å². The maximum Gasteiger partial charge on any atom is 0.430 e. The van der Waals surface area contributed by atoms with Gasteiger partial charge in [-0.3, -0.25) is 4.79 Å². The van der Waals surface area contributed by atoms with Gasteiger partial charge in [-0.2, -0.15) is 26.3 Å². The van der Waals surface area contributed by atoms with Crippen LogP contribution in [0.3, 0.4) is 0 Å². The van der Waals surface area contributed by atoms with Crippen LogP contribution in [0.4, 0.5) is 36.8 Å². The number of amides is 3. The summed E-state index contributed by atoms with van der Waals surface area (Å²) in [4.78, 5) is 26.8. The maximum absolute atomic E-state index is 13.1. The summed E-state index contributed by atoms with van der Waals surface area (Å²) in [6.45, 7) is -0.121. The highest BCUT2D eigenvalue weighted by atomic mass is 32.2. The predicted molar refractivity (Wildman–Crippen MR) is 120 cm³/mol. The molecule has 1 unspecified atom stereocenters. The van der Waals surface area contributed by atoms with Crippen molar-refractivity contribution in [2.24, 2.45) is 0 Å². The van der Waals surface area contributed by atoms with Gasteiger partial charge in [-0.05, 0) is 48.2 Å². The van der Waals surface area contributed by atoms with E-state index in [1.807, 2.05) is 0 Å². The quantitative estimate of drug-likeness (QED) is 0.478. The Morgan fingerprint density at radius 3 is 2.05 bits per heavy atom. The highest BCUT2D eigenvalue weighted by molar-refractivity contribution is 7.92. The number of hydrogen-bond acceptors (Lipinski definition) is 5. The Hall–Kier alpha value is -3.33. The number of urea groups is 1. The normalized spacial score (nSPS) is 18.2. The van der Waals surface area contributed by atoms with E-state index in [0.717, 1.165) is 17.0 Å². The number of nitrogens with one attached hydrogen (secondary N) is 2. The molecular weight excluding hydrogens is 544 g/mol. The van der Waals surface area contributed by atoms with Gasteiger partial charge in [-0.1, -0.05) is 18.2 Å². The highest BCUT2D eigenvalue weighted by Gasteiger charge is 2.71. The molecule has 0 saturated heterocycles. The Kier molecular flexibility index (Phi) is 6.67. The van der Waals surface area contributed by atoms with E-state index in [1.54, 1.807) is 0 Å². The van der Waals surface area contributed by atoms with E-state index in [1.165, 1.54) is 25.2 Å². The molecule has 1 fully saturated rings. The lowest BCUT2D eigenvalue weighted by Crippen LogP contribution is -2.53. The fourth-order valence-electron chi connectivity index (χ4n) is 4.29. The van der Waals surface area contributed by atoms with E-state index >= 15 is 0 Å². The number of halogens is 6. The van der Waals surface area contributed by atoms with Gasteiger partial charge in [-0.25, -0.2) is 13.2 Å². The number of aliphatic hydroxyl groups is 1. The van der Waals surface area contributed by atoms with Crippen molar-refractivity contribution in [1.82, 2.24) is 10.2 Å². The van der Waals surface area contributed by atoms with Crippen molar-refractivity contribution in [3.05, 3.63) is 59.2 Å². The van der Waals surface area contributed by atoms with Gasteiger partial charge in [-0.15, -0.1) is 0 Å². The SMILES string of the molecule is CNC(=O)N1Cc2cc(S(=O)(=O)C3CC3)ccc2C1C(=O)Nc1ccc(C(O)(C(F)(F)F)C(F)(F)F)cc1. The van der Waals surface area contributed by atoms with Gasteiger partial charge in [0.1, 0.15) is 6.04 Å². The zero-order chi connectivity index (χ0) is 28.3. The molecule has 2 aromatic rings. The average molecular weight is 565 g/mol. The van der Waals surface area contributed by atoms with Crippen LogP contribution in [0, 0.1) is 0 Å². The van der Waals surface area contributed by atoms with Gasteiger partial charge in [0.05, 0.1) is 10.1 Å². The first-order chi connectivity index (χ1) is 17.5. The summed E-state index contributed by atoms with van der Waals surface area (Å²) in [6, 6.07) is 4.42. The molecule has 206 valence electrons. The van der Waals surface area contributed by atoms with Crippen molar-refractivity contribution in [2.45, 2.75) is 53.5 Å². The third kappa shape index (κ3) is 4.57. The summed E-state index contributed by atoms with van der Waals surface area (Å²) in [5, 5.41) is 13.7. The molecule has 1 aliphatic carbocycles.